The Hall–Kier alpha value is -1.13. The highest BCUT2D eigenvalue weighted by Crippen LogP contribution is 2.21. The maximum absolute atomic E-state index is 9.43. The van der Waals surface area contributed by atoms with Crippen LogP contribution in [0.15, 0.2) is 18.3 Å². The first-order chi connectivity index (χ1) is 8.08. The summed E-state index contributed by atoms with van der Waals surface area (Å²) in [5.41, 5.74) is 0.872. The zero-order valence-electron chi connectivity index (χ0n) is 10.8. The second-order valence-corrected chi connectivity index (χ2v) is 4.98. The third-order valence-electron chi connectivity index (χ3n) is 3.47. The number of hydrogen-bond donors (Lipinski definition) is 1. The second kappa shape index (κ2) is 5.02. The van der Waals surface area contributed by atoms with Crippen molar-refractivity contribution in [1.82, 2.24) is 9.88 Å². The van der Waals surface area contributed by atoms with Crippen LogP contribution in [-0.2, 0) is 0 Å². The van der Waals surface area contributed by atoms with Crippen LogP contribution in [0.25, 0.3) is 0 Å². The van der Waals surface area contributed by atoms with Gasteiger partial charge in [0, 0.05) is 25.3 Å². The lowest BCUT2D eigenvalue weighted by molar-refractivity contribution is 0.199. The molecule has 1 aliphatic rings. The molecule has 1 unspecified atom stereocenters. The van der Waals surface area contributed by atoms with Crippen molar-refractivity contribution >= 4 is 5.82 Å². The molecule has 94 valence electrons. The highest BCUT2D eigenvalue weighted by atomic mass is 16.3. The Morgan fingerprint density at radius 1 is 1.47 bits per heavy atom. The molecule has 0 bridgehead atoms. The number of aliphatic hydroxyl groups excluding tert-OH is 1. The topological polar surface area (TPSA) is 39.6 Å². The minimum atomic E-state index is -0.440. The van der Waals surface area contributed by atoms with E-state index in [0.717, 1.165) is 24.5 Å². The molecule has 1 saturated heterocycles. The van der Waals surface area contributed by atoms with Crippen molar-refractivity contribution in [3.8, 4) is 0 Å². The molecule has 4 nitrogen and oxygen atoms in total. The molecule has 1 aromatic heterocycles. The van der Waals surface area contributed by atoms with E-state index in [-0.39, 0.29) is 0 Å². The van der Waals surface area contributed by atoms with Crippen LogP contribution in [0.4, 0.5) is 5.82 Å². The van der Waals surface area contributed by atoms with Gasteiger partial charge in [-0.3, -0.25) is 0 Å². The number of hydrogen-bond acceptors (Lipinski definition) is 4. The Kier molecular flexibility index (Phi) is 3.64. The number of aromatic nitrogens is 1. The lowest BCUT2D eigenvalue weighted by Gasteiger charge is -2.21. The summed E-state index contributed by atoms with van der Waals surface area (Å²) in [4.78, 5) is 8.99. The Labute approximate surface area is 103 Å². The molecule has 0 saturated carbocycles. The molecule has 2 heterocycles. The maximum atomic E-state index is 9.43. The zero-order valence-corrected chi connectivity index (χ0v) is 10.8. The summed E-state index contributed by atoms with van der Waals surface area (Å²) < 4.78 is 0. The van der Waals surface area contributed by atoms with Gasteiger partial charge in [0.05, 0.1) is 6.10 Å². The van der Waals surface area contributed by atoms with E-state index in [0.29, 0.717) is 6.04 Å². The van der Waals surface area contributed by atoms with Gasteiger partial charge in [0.2, 0.25) is 0 Å². The van der Waals surface area contributed by atoms with Crippen LogP contribution >= 0.6 is 0 Å². The summed E-state index contributed by atoms with van der Waals surface area (Å²) in [6.45, 7) is 3.85. The Bertz CT molecular complexity index is 361. The predicted molar refractivity (Wildman–Crippen MR) is 69.2 cm³/mol. The summed E-state index contributed by atoms with van der Waals surface area (Å²) in [6, 6.07) is 4.57. The van der Waals surface area contributed by atoms with Gasteiger partial charge in [-0.25, -0.2) is 4.98 Å². The molecule has 4 heteroatoms. The SMILES string of the molecule is C[C@H](O)c1ccc(N2CCC(N(C)C)C2)nc1. The lowest BCUT2D eigenvalue weighted by Crippen LogP contribution is -2.31. The summed E-state index contributed by atoms with van der Waals surface area (Å²) in [5, 5.41) is 9.43. The summed E-state index contributed by atoms with van der Waals surface area (Å²) >= 11 is 0. The molecule has 1 fully saturated rings. The van der Waals surface area contributed by atoms with Gasteiger partial charge in [0.1, 0.15) is 5.82 Å². The number of aliphatic hydroxyl groups is 1. The third-order valence-corrected chi connectivity index (χ3v) is 3.47. The van der Waals surface area contributed by atoms with Gasteiger partial charge >= 0.3 is 0 Å². The number of anilines is 1. The summed E-state index contributed by atoms with van der Waals surface area (Å²) in [6.07, 6.45) is 2.51. The molecule has 1 N–H and O–H groups in total. The van der Waals surface area contributed by atoms with Crippen molar-refractivity contribution in [3.63, 3.8) is 0 Å². The normalized spacial score (nSPS) is 22.2. The van der Waals surface area contributed by atoms with Gasteiger partial charge in [-0.05, 0) is 39.1 Å². The van der Waals surface area contributed by atoms with E-state index < -0.39 is 6.10 Å². The molecule has 0 aromatic carbocycles. The monoisotopic (exact) mass is 235 g/mol. The number of pyridine rings is 1. The van der Waals surface area contributed by atoms with Crippen molar-refractivity contribution in [2.45, 2.75) is 25.5 Å². The minimum absolute atomic E-state index is 0.440. The molecular weight excluding hydrogens is 214 g/mol. The van der Waals surface area contributed by atoms with Crippen molar-refractivity contribution in [3.05, 3.63) is 23.9 Å². The summed E-state index contributed by atoms with van der Waals surface area (Å²) in [7, 11) is 4.25. The van der Waals surface area contributed by atoms with Crippen LogP contribution in [0.1, 0.15) is 25.0 Å². The van der Waals surface area contributed by atoms with Gasteiger partial charge in [-0.1, -0.05) is 6.07 Å². The number of rotatable bonds is 3. The van der Waals surface area contributed by atoms with E-state index in [9.17, 15) is 5.11 Å². The van der Waals surface area contributed by atoms with Crippen LogP contribution in [0.3, 0.4) is 0 Å². The Balaban J connectivity index is 2.04. The van der Waals surface area contributed by atoms with E-state index in [1.807, 2.05) is 12.1 Å². The largest absolute Gasteiger partial charge is 0.389 e. The molecule has 2 rings (SSSR count). The highest BCUT2D eigenvalue weighted by Gasteiger charge is 2.24. The highest BCUT2D eigenvalue weighted by molar-refractivity contribution is 5.41. The molecule has 0 radical (unpaired) electrons. The first-order valence-corrected chi connectivity index (χ1v) is 6.13. The van der Waals surface area contributed by atoms with Gasteiger partial charge in [-0.15, -0.1) is 0 Å². The predicted octanol–water partition coefficient (Wildman–Crippen LogP) is 1.28. The second-order valence-electron chi connectivity index (χ2n) is 4.98. The first kappa shape index (κ1) is 12.3. The fourth-order valence-corrected chi connectivity index (χ4v) is 2.20. The van der Waals surface area contributed by atoms with Gasteiger partial charge in [0.25, 0.3) is 0 Å². The van der Waals surface area contributed by atoms with Crippen molar-refractivity contribution in [2.24, 2.45) is 0 Å². The molecule has 0 spiro atoms. The smallest absolute Gasteiger partial charge is 0.128 e. The molecule has 0 amide bonds. The molecular formula is C13H21N3O. The molecule has 1 aliphatic heterocycles. The molecule has 2 atom stereocenters. The van der Waals surface area contributed by atoms with Crippen molar-refractivity contribution < 1.29 is 5.11 Å². The van der Waals surface area contributed by atoms with Crippen LogP contribution in [0, 0.1) is 0 Å². The van der Waals surface area contributed by atoms with Crippen LogP contribution in [0.5, 0.6) is 0 Å². The average Bonchev–Trinajstić information content (AvgIpc) is 2.78. The lowest BCUT2D eigenvalue weighted by atomic mass is 10.2. The van der Waals surface area contributed by atoms with Crippen LogP contribution in [0.2, 0.25) is 0 Å². The molecule has 1 aromatic rings. The van der Waals surface area contributed by atoms with E-state index in [2.05, 4.69) is 28.9 Å². The Morgan fingerprint density at radius 2 is 2.24 bits per heavy atom. The van der Waals surface area contributed by atoms with E-state index >= 15 is 0 Å². The van der Waals surface area contributed by atoms with Gasteiger partial charge in [-0.2, -0.15) is 0 Å². The van der Waals surface area contributed by atoms with Crippen molar-refractivity contribution in [1.29, 1.82) is 0 Å². The van der Waals surface area contributed by atoms with Crippen LogP contribution in [-0.4, -0.2) is 48.2 Å². The minimum Gasteiger partial charge on any atom is -0.389 e. The quantitative estimate of drug-likeness (QED) is 0.856. The van der Waals surface area contributed by atoms with E-state index in [1.165, 1.54) is 6.42 Å². The number of nitrogens with zero attached hydrogens (tertiary/aromatic N) is 3. The zero-order chi connectivity index (χ0) is 12.4. The maximum Gasteiger partial charge on any atom is 0.128 e. The third kappa shape index (κ3) is 2.76. The average molecular weight is 235 g/mol. The van der Waals surface area contributed by atoms with Crippen LogP contribution < -0.4 is 4.90 Å². The van der Waals surface area contributed by atoms with Gasteiger partial charge < -0.3 is 14.9 Å². The first-order valence-electron chi connectivity index (χ1n) is 6.13. The molecule has 17 heavy (non-hydrogen) atoms. The standard InChI is InChI=1S/C13H21N3O/c1-10(17)11-4-5-13(14-8-11)16-7-6-12(9-16)15(2)3/h4-5,8,10,12,17H,6-7,9H2,1-3H3/t10-,12?/m0/s1. The van der Waals surface area contributed by atoms with Gasteiger partial charge in [0.15, 0.2) is 0 Å². The van der Waals surface area contributed by atoms with Crippen molar-refractivity contribution in [2.75, 3.05) is 32.1 Å². The fourth-order valence-electron chi connectivity index (χ4n) is 2.20. The number of likely N-dealkylation sites (N-methyl/N-ethyl adjacent to an activating group) is 1. The van der Waals surface area contributed by atoms with E-state index in [4.69, 9.17) is 0 Å². The Morgan fingerprint density at radius 3 is 2.71 bits per heavy atom. The molecule has 0 aliphatic carbocycles. The summed E-state index contributed by atoms with van der Waals surface area (Å²) in [5.74, 6) is 1.01. The fraction of sp³-hybridized carbons (Fsp3) is 0.615. The van der Waals surface area contributed by atoms with E-state index in [1.54, 1.807) is 13.1 Å².